The Bertz CT molecular complexity index is 1370. The van der Waals surface area contributed by atoms with Gasteiger partial charge in [-0.2, -0.15) is 0 Å². The molecular formula is C25H23F2N5O3. The van der Waals surface area contributed by atoms with Crippen molar-refractivity contribution in [1.29, 1.82) is 0 Å². The Kier molecular flexibility index (Phi) is 6.72. The van der Waals surface area contributed by atoms with E-state index in [4.69, 9.17) is 0 Å². The Labute approximate surface area is 200 Å². The molecule has 0 bridgehead atoms. The number of benzene rings is 1. The monoisotopic (exact) mass is 479 g/mol. The third-order valence-corrected chi connectivity index (χ3v) is 5.18. The van der Waals surface area contributed by atoms with Crippen LogP contribution in [0.15, 0.2) is 61.1 Å². The van der Waals surface area contributed by atoms with Crippen LogP contribution in [-0.4, -0.2) is 40.0 Å². The average molecular weight is 479 g/mol. The van der Waals surface area contributed by atoms with E-state index in [1.807, 2.05) is 13.8 Å². The van der Waals surface area contributed by atoms with Crippen molar-refractivity contribution < 1.29 is 23.1 Å². The fraction of sp³-hybridized carbons (Fsp3) is 0.200. The van der Waals surface area contributed by atoms with Crippen LogP contribution >= 0.6 is 0 Å². The van der Waals surface area contributed by atoms with Gasteiger partial charge in [0.05, 0.1) is 24.6 Å². The molecule has 4 rings (SSSR count). The zero-order valence-electron chi connectivity index (χ0n) is 19.3. The van der Waals surface area contributed by atoms with E-state index in [0.29, 0.717) is 28.3 Å². The van der Waals surface area contributed by atoms with Crippen molar-refractivity contribution in [3.63, 3.8) is 0 Å². The summed E-state index contributed by atoms with van der Waals surface area (Å²) in [5.74, 6) is -1.54. The van der Waals surface area contributed by atoms with Gasteiger partial charge in [-0.05, 0) is 42.3 Å². The lowest BCUT2D eigenvalue weighted by Crippen LogP contribution is -2.34. The second kappa shape index (κ2) is 9.88. The summed E-state index contributed by atoms with van der Waals surface area (Å²) >= 11 is 0. The van der Waals surface area contributed by atoms with Gasteiger partial charge in [0.15, 0.2) is 0 Å². The molecule has 0 aliphatic carbocycles. The molecule has 1 N–H and O–H groups in total. The summed E-state index contributed by atoms with van der Waals surface area (Å²) in [6, 6.07) is 9.72. The number of methoxy groups -OCH3 is 1. The number of halogens is 2. The van der Waals surface area contributed by atoms with Crippen LogP contribution in [0.1, 0.15) is 24.2 Å². The molecule has 0 aliphatic heterocycles. The van der Waals surface area contributed by atoms with Crippen LogP contribution in [0.5, 0.6) is 0 Å². The van der Waals surface area contributed by atoms with Crippen molar-refractivity contribution >= 4 is 29.2 Å². The molecule has 0 saturated heterocycles. The zero-order valence-corrected chi connectivity index (χ0v) is 19.3. The maximum atomic E-state index is 13.9. The predicted molar refractivity (Wildman–Crippen MR) is 127 cm³/mol. The second-order valence-electron chi connectivity index (χ2n) is 8.28. The van der Waals surface area contributed by atoms with Gasteiger partial charge in [0.1, 0.15) is 23.1 Å². The minimum atomic E-state index is -0.758. The molecule has 3 heterocycles. The van der Waals surface area contributed by atoms with Crippen LogP contribution in [0, 0.1) is 17.6 Å². The van der Waals surface area contributed by atoms with Gasteiger partial charge < -0.3 is 9.64 Å². The summed E-state index contributed by atoms with van der Waals surface area (Å²) in [4.78, 5) is 34.8. The number of rotatable bonds is 6. The number of amides is 2. The van der Waals surface area contributed by atoms with E-state index in [-0.39, 0.29) is 18.2 Å². The summed E-state index contributed by atoms with van der Waals surface area (Å²) < 4.78 is 34.1. The normalized spacial score (nSPS) is 11.0. The Hall–Kier alpha value is -4.34. The van der Waals surface area contributed by atoms with Crippen molar-refractivity contribution in [1.82, 2.24) is 14.4 Å². The van der Waals surface area contributed by atoms with Crippen LogP contribution < -0.4 is 10.2 Å². The largest absolute Gasteiger partial charge is 0.453 e. The van der Waals surface area contributed by atoms with Gasteiger partial charge in [0.2, 0.25) is 0 Å². The molecule has 0 unspecified atom stereocenters. The third kappa shape index (κ3) is 5.26. The molecule has 3 aromatic heterocycles. The highest BCUT2D eigenvalue weighted by atomic mass is 19.1. The minimum absolute atomic E-state index is 0.0565. The Morgan fingerprint density at radius 1 is 1.06 bits per heavy atom. The highest BCUT2D eigenvalue weighted by Gasteiger charge is 2.21. The number of nitrogens with zero attached hydrogens (tertiary/aromatic N) is 4. The number of fused-ring (bicyclic) bond motifs is 1. The quantitative estimate of drug-likeness (QED) is 0.413. The van der Waals surface area contributed by atoms with E-state index in [2.05, 4.69) is 20.0 Å². The first-order valence-corrected chi connectivity index (χ1v) is 10.8. The standard InChI is InChI=1S/C25H23F2N5O3/c1-15(2)13-31(20-9-18(26)8-19(27)10-20)24(33)17-5-7-23-29-12-21(32(23)14-17)16-4-6-22(28-11-16)30-25(34)35-3/h4-12,14-15H,13H2,1-3H3,(H,28,30,34). The Morgan fingerprint density at radius 3 is 2.43 bits per heavy atom. The number of imidazole rings is 1. The molecule has 2 amide bonds. The Morgan fingerprint density at radius 2 is 1.80 bits per heavy atom. The molecule has 0 saturated carbocycles. The van der Waals surface area contributed by atoms with Gasteiger partial charge in [-0.25, -0.2) is 23.5 Å². The molecule has 0 radical (unpaired) electrons. The smallest absolute Gasteiger partial charge is 0.412 e. The Balaban J connectivity index is 1.70. The lowest BCUT2D eigenvalue weighted by Gasteiger charge is -2.25. The molecule has 0 atom stereocenters. The SMILES string of the molecule is COC(=O)Nc1ccc(-c2cnc3ccc(C(=O)N(CC(C)C)c4cc(F)cc(F)c4)cn23)cn1. The number of hydrogen-bond donors (Lipinski definition) is 1. The highest BCUT2D eigenvalue weighted by molar-refractivity contribution is 6.06. The molecule has 4 aromatic rings. The first-order chi connectivity index (χ1) is 16.7. The number of hydrogen-bond acceptors (Lipinski definition) is 5. The summed E-state index contributed by atoms with van der Waals surface area (Å²) in [5.41, 5.74) is 2.42. The number of anilines is 2. The number of carbonyl (C=O) groups is 2. The van der Waals surface area contributed by atoms with E-state index in [1.165, 1.54) is 12.0 Å². The number of carbonyl (C=O) groups excluding carboxylic acids is 2. The van der Waals surface area contributed by atoms with Gasteiger partial charge in [0.25, 0.3) is 5.91 Å². The van der Waals surface area contributed by atoms with Gasteiger partial charge in [-0.1, -0.05) is 13.8 Å². The lowest BCUT2D eigenvalue weighted by atomic mass is 10.1. The fourth-order valence-electron chi connectivity index (χ4n) is 3.62. The van der Waals surface area contributed by atoms with Crippen LogP contribution in [0.2, 0.25) is 0 Å². The van der Waals surface area contributed by atoms with Gasteiger partial charge in [0, 0.05) is 36.3 Å². The van der Waals surface area contributed by atoms with Crippen molar-refractivity contribution in [3.8, 4) is 11.3 Å². The van der Waals surface area contributed by atoms with Crippen molar-refractivity contribution in [2.24, 2.45) is 5.92 Å². The van der Waals surface area contributed by atoms with E-state index in [9.17, 15) is 18.4 Å². The molecule has 0 fully saturated rings. The van der Waals surface area contributed by atoms with Gasteiger partial charge in [-0.3, -0.25) is 14.5 Å². The molecule has 8 nitrogen and oxygen atoms in total. The number of ether oxygens (including phenoxy) is 1. The first kappa shape index (κ1) is 23.8. The molecule has 1 aromatic carbocycles. The molecule has 180 valence electrons. The molecular weight excluding hydrogens is 456 g/mol. The van der Waals surface area contributed by atoms with E-state index in [1.54, 1.807) is 47.3 Å². The van der Waals surface area contributed by atoms with Gasteiger partial charge >= 0.3 is 6.09 Å². The molecule has 35 heavy (non-hydrogen) atoms. The molecule has 0 spiro atoms. The molecule has 10 heteroatoms. The summed E-state index contributed by atoms with van der Waals surface area (Å²) in [6.07, 6.45) is 4.20. The summed E-state index contributed by atoms with van der Waals surface area (Å²) in [5, 5.41) is 2.48. The van der Waals surface area contributed by atoms with Crippen LogP contribution in [0.25, 0.3) is 16.9 Å². The zero-order chi connectivity index (χ0) is 25.1. The topological polar surface area (TPSA) is 88.8 Å². The van der Waals surface area contributed by atoms with Crippen molar-refractivity contribution in [2.45, 2.75) is 13.8 Å². The van der Waals surface area contributed by atoms with E-state index < -0.39 is 23.6 Å². The molecule has 0 aliphatic rings. The van der Waals surface area contributed by atoms with Crippen LogP contribution in [-0.2, 0) is 4.74 Å². The van der Waals surface area contributed by atoms with Crippen molar-refractivity contribution in [3.05, 3.63) is 78.3 Å². The first-order valence-electron chi connectivity index (χ1n) is 10.8. The summed E-state index contributed by atoms with van der Waals surface area (Å²) in [7, 11) is 1.26. The van der Waals surface area contributed by atoms with Gasteiger partial charge in [-0.15, -0.1) is 0 Å². The number of aromatic nitrogens is 3. The highest BCUT2D eigenvalue weighted by Crippen LogP contribution is 2.25. The maximum absolute atomic E-state index is 13.9. The van der Waals surface area contributed by atoms with E-state index >= 15 is 0 Å². The number of pyridine rings is 2. The van der Waals surface area contributed by atoms with E-state index in [0.717, 1.165) is 18.2 Å². The van der Waals surface area contributed by atoms with Crippen molar-refractivity contribution in [2.75, 3.05) is 23.9 Å². The average Bonchev–Trinajstić information content (AvgIpc) is 3.25. The maximum Gasteiger partial charge on any atom is 0.412 e. The number of nitrogens with one attached hydrogen (secondary N) is 1. The minimum Gasteiger partial charge on any atom is -0.453 e. The second-order valence-corrected chi connectivity index (χ2v) is 8.28. The predicted octanol–water partition coefficient (Wildman–Crippen LogP) is 5.16. The fourth-order valence-corrected chi connectivity index (χ4v) is 3.62. The van der Waals surface area contributed by atoms with Crippen LogP contribution in [0.4, 0.5) is 25.1 Å². The lowest BCUT2D eigenvalue weighted by molar-refractivity contribution is 0.0983. The summed E-state index contributed by atoms with van der Waals surface area (Å²) in [6.45, 7) is 4.10. The third-order valence-electron chi connectivity index (χ3n) is 5.18. The van der Waals surface area contributed by atoms with Crippen LogP contribution in [0.3, 0.4) is 0 Å².